The molecule has 2 heterocycles. The summed E-state index contributed by atoms with van der Waals surface area (Å²) < 4.78 is 15.3. The summed E-state index contributed by atoms with van der Waals surface area (Å²) in [5.41, 5.74) is 2.89. The SMILES string of the molecule is Cc1ccc(NC(=O)Cn2nc3nc(Nc4ccc(F)cc4)ccn3c2=O)c(C)c1. The van der Waals surface area contributed by atoms with Gasteiger partial charge in [-0.05, 0) is 55.8 Å². The topological polar surface area (TPSA) is 93.3 Å². The maximum Gasteiger partial charge on any atom is 0.352 e. The molecule has 0 fully saturated rings. The van der Waals surface area contributed by atoms with Crippen molar-refractivity contribution in [3.63, 3.8) is 0 Å². The molecular formula is C21H19FN6O2. The summed E-state index contributed by atoms with van der Waals surface area (Å²) in [6, 6.07) is 13.1. The van der Waals surface area contributed by atoms with Crippen LogP contribution in [0.4, 0.5) is 21.6 Å². The number of nitrogens with zero attached hydrogens (tertiary/aromatic N) is 4. The largest absolute Gasteiger partial charge is 0.352 e. The molecule has 0 unspecified atom stereocenters. The first kappa shape index (κ1) is 19.3. The lowest BCUT2D eigenvalue weighted by Gasteiger charge is -2.08. The molecule has 2 aromatic heterocycles. The van der Waals surface area contributed by atoms with Gasteiger partial charge in [-0.25, -0.2) is 18.3 Å². The van der Waals surface area contributed by atoms with Crippen molar-refractivity contribution in [3.05, 3.63) is 82.2 Å². The maximum absolute atomic E-state index is 13.0. The Morgan fingerprint density at radius 2 is 1.87 bits per heavy atom. The van der Waals surface area contributed by atoms with Crippen molar-refractivity contribution in [1.82, 2.24) is 19.2 Å². The Morgan fingerprint density at radius 1 is 1.10 bits per heavy atom. The van der Waals surface area contributed by atoms with Crippen LogP contribution in [0.25, 0.3) is 5.78 Å². The molecule has 2 aromatic carbocycles. The lowest BCUT2D eigenvalue weighted by Crippen LogP contribution is -2.28. The van der Waals surface area contributed by atoms with Crippen LogP contribution >= 0.6 is 0 Å². The van der Waals surface area contributed by atoms with E-state index in [1.54, 1.807) is 18.2 Å². The molecule has 9 heteroatoms. The Kier molecular flexibility index (Phi) is 5.01. The number of fused-ring (bicyclic) bond motifs is 1. The zero-order valence-corrected chi connectivity index (χ0v) is 16.4. The van der Waals surface area contributed by atoms with Crippen molar-refractivity contribution in [3.8, 4) is 0 Å². The van der Waals surface area contributed by atoms with Crippen LogP contribution in [-0.2, 0) is 11.3 Å². The molecule has 0 radical (unpaired) electrons. The highest BCUT2D eigenvalue weighted by molar-refractivity contribution is 5.91. The third-order valence-electron chi connectivity index (χ3n) is 4.52. The summed E-state index contributed by atoms with van der Waals surface area (Å²) in [6.45, 7) is 3.64. The van der Waals surface area contributed by atoms with Gasteiger partial charge in [0.1, 0.15) is 18.2 Å². The Bertz CT molecular complexity index is 1290. The van der Waals surface area contributed by atoms with Crippen molar-refractivity contribution < 1.29 is 9.18 Å². The monoisotopic (exact) mass is 406 g/mol. The number of carbonyl (C=O) groups is 1. The van der Waals surface area contributed by atoms with E-state index in [1.165, 1.54) is 22.7 Å². The molecule has 0 saturated heterocycles. The third kappa shape index (κ3) is 4.04. The van der Waals surface area contributed by atoms with Gasteiger partial charge in [-0.1, -0.05) is 17.7 Å². The van der Waals surface area contributed by atoms with E-state index in [2.05, 4.69) is 20.7 Å². The number of carbonyl (C=O) groups excluding carboxylic acids is 1. The smallest absolute Gasteiger partial charge is 0.340 e. The highest BCUT2D eigenvalue weighted by Gasteiger charge is 2.13. The van der Waals surface area contributed by atoms with Crippen LogP contribution in [0.5, 0.6) is 0 Å². The van der Waals surface area contributed by atoms with E-state index < -0.39 is 5.69 Å². The molecule has 0 atom stereocenters. The number of halogens is 1. The minimum Gasteiger partial charge on any atom is -0.340 e. The van der Waals surface area contributed by atoms with Gasteiger partial charge in [0.2, 0.25) is 5.91 Å². The summed E-state index contributed by atoms with van der Waals surface area (Å²) in [5, 5.41) is 9.95. The number of hydrogen-bond acceptors (Lipinski definition) is 5. The molecule has 0 aliphatic heterocycles. The summed E-state index contributed by atoms with van der Waals surface area (Å²) >= 11 is 0. The summed E-state index contributed by atoms with van der Waals surface area (Å²) in [4.78, 5) is 29.2. The zero-order valence-electron chi connectivity index (χ0n) is 16.4. The molecule has 0 aliphatic rings. The van der Waals surface area contributed by atoms with Gasteiger partial charge >= 0.3 is 5.69 Å². The van der Waals surface area contributed by atoms with E-state index in [-0.39, 0.29) is 24.0 Å². The van der Waals surface area contributed by atoms with Gasteiger partial charge in [0.25, 0.3) is 5.78 Å². The predicted molar refractivity (Wildman–Crippen MR) is 111 cm³/mol. The summed E-state index contributed by atoms with van der Waals surface area (Å²) in [6.07, 6.45) is 1.52. The van der Waals surface area contributed by atoms with E-state index >= 15 is 0 Å². The lowest BCUT2D eigenvalue weighted by atomic mass is 10.1. The Balaban J connectivity index is 1.53. The minimum absolute atomic E-state index is 0.145. The average Bonchev–Trinajstić information content (AvgIpc) is 3.01. The van der Waals surface area contributed by atoms with Crippen LogP contribution in [0.1, 0.15) is 11.1 Å². The van der Waals surface area contributed by atoms with Gasteiger partial charge in [-0.15, -0.1) is 5.10 Å². The second-order valence-electron chi connectivity index (χ2n) is 6.92. The minimum atomic E-state index is -0.471. The Labute approximate surface area is 171 Å². The first-order valence-electron chi connectivity index (χ1n) is 9.25. The van der Waals surface area contributed by atoms with Gasteiger partial charge in [-0.3, -0.25) is 4.79 Å². The normalized spacial score (nSPS) is 10.9. The number of nitrogens with one attached hydrogen (secondary N) is 2. The molecule has 4 rings (SSSR count). The van der Waals surface area contributed by atoms with Crippen molar-refractivity contribution in [2.45, 2.75) is 20.4 Å². The zero-order chi connectivity index (χ0) is 21.3. The van der Waals surface area contributed by atoms with Crippen molar-refractivity contribution in [2.24, 2.45) is 0 Å². The number of hydrogen-bond donors (Lipinski definition) is 2. The molecule has 8 nitrogen and oxygen atoms in total. The fourth-order valence-corrected chi connectivity index (χ4v) is 3.04. The molecule has 0 spiro atoms. The average molecular weight is 406 g/mol. The first-order valence-corrected chi connectivity index (χ1v) is 9.25. The molecular weight excluding hydrogens is 387 g/mol. The number of aromatic nitrogens is 4. The van der Waals surface area contributed by atoms with Crippen LogP contribution in [0.3, 0.4) is 0 Å². The third-order valence-corrected chi connectivity index (χ3v) is 4.52. The van der Waals surface area contributed by atoms with E-state index in [4.69, 9.17) is 0 Å². The van der Waals surface area contributed by atoms with Gasteiger partial charge in [0.05, 0.1) is 0 Å². The van der Waals surface area contributed by atoms with Crippen LogP contribution in [-0.4, -0.2) is 25.1 Å². The molecule has 2 N–H and O–H groups in total. The number of rotatable bonds is 5. The van der Waals surface area contributed by atoms with E-state index in [1.807, 2.05) is 32.0 Å². The second-order valence-corrected chi connectivity index (χ2v) is 6.92. The van der Waals surface area contributed by atoms with Gasteiger partial charge < -0.3 is 10.6 Å². The second kappa shape index (κ2) is 7.78. The number of amides is 1. The number of aryl methyl sites for hydroxylation is 2. The Morgan fingerprint density at radius 3 is 2.60 bits per heavy atom. The highest BCUT2D eigenvalue weighted by Crippen LogP contribution is 2.16. The number of benzene rings is 2. The molecule has 152 valence electrons. The van der Waals surface area contributed by atoms with Crippen LogP contribution in [0.15, 0.2) is 59.5 Å². The summed E-state index contributed by atoms with van der Waals surface area (Å²) in [7, 11) is 0. The molecule has 1 amide bonds. The van der Waals surface area contributed by atoms with E-state index in [0.29, 0.717) is 17.2 Å². The lowest BCUT2D eigenvalue weighted by molar-refractivity contribution is -0.117. The molecule has 0 saturated carbocycles. The molecule has 0 aliphatic carbocycles. The fourth-order valence-electron chi connectivity index (χ4n) is 3.04. The predicted octanol–water partition coefficient (Wildman–Crippen LogP) is 3.03. The maximum atomic E-state index is 13.0. The molecule has 0 bridgehead atoms. The van der Waals surface area contributed by atoms with E-state index in [9.17, 15) is 14.0 Å². The van der Waals surface area contributed by atoms with Crippen molar-refractivity contribution in [2.75, 3.05) is 10.6 Å². The highest BCUT2D eigenvalue weighted by atomic mass is 19.1. The number of anilines is 3. The van der Waals surface area contributed by atoms with E-state index in [0.717, 1.165) is 15.8 Å². The molecule has 30 heavy (non-hydrogen) atoms. The molecule has 4 aromatic rings. The van der Waals surface area contributed by atoms with Gasteiger partial charge in [0, 0.05) is 17.6 Å². The van der Waals surface area contributed by atoms with Crippen molar-refractivity contribution >= 4 is 28.9 Å². The fraction of sp³-hybridized carbons (Fsp3) is 0.143. The van der Waals surface area contributed by atoms with Crippen LogP contribution < -0.4 is 16.3 Å². The van der Waals surface area contributed by atoms with Crippen LogP contribution in [0.2, 0.25) is 0 Å². The van der Waals surface area contributed by atoms with Gasteiger partial charge in [0.15, 0.2) is 0 Å². The van der Waals surface area contributed by atoms with Crippen LogP contribution in [0, 0.1) is 19.7 Å². The quantitative estimate of drug-likeness (QED) is 0.531. The standard InChI is InChI=1S/C21H19FN6O2/c1-13-3-8-17(14(2)11-13)24-19(29)12-28-21(30)27-10-9-18(25-20(27)26-28)23-16-6-4-15(22)5-7-16/h3-11H,12H2,1-2H3,(H,24,29)(H,23,25,26). The Hall–Kier alpha value is -4.01. The first-order chi connectivity index (χ1) is 14.4. The summed E-state index contributed by atoms with van der Waals surface area (Å²) in [5.74, 6) is -0.122. The van der Waals surface area contributed by atoms with Crippen molar-refractivity contribution in [1.29, 1.82) is 0 Å². The van der Waals surface area contributed by atoms with Gasteiger partial charge in [-0.2, -0.15) is 4.98 Å².